The van der Waals surface area contributed by atoms with Crippen molar-refractivity contribution in [3.63, 3.8) is 0 Å². The monoisotopic (exact) mass is 504 g/mol. The average Bonchev–Trinajstić information content (AvgIpc) is 3.21. The summed E-state index contributed by atoms with van der Waals surface area (Å²) < 4.78 is 0. The molecule has 0 amide bonds. The van der Waals surface area contributed by atoms with E-state index in [2.05, 4.69) is 159 Å². The summed E-state index contributed by atoms with van der Waals surface area (Å²) in [4.78, 5) is 4.59. The van der Waals surface area contributed by atoms with Crippen LogP contribution in [0.2, 0.25) is 0 Å². The number of hydrogen-bond acceptors (Lipinski definition) is 2. The van der Waals surface area contributed by atoms with Crippen molar-refractivity contribution < 1.29 is 0 Å². The maximum Gasteiger partial charge on any atom is 0.0414 e. The maximum atomic E-state index is 2.39. The molecular formula is C37H32N2. The summed E-state index contributed by atoms with van der Waals surface area (Å²) in [5.41, 5.74) is 10.2. The topological polar surface area (TPSA) is 6.48 Å². The van der Waals surface area contributed by atoms with Gasteiger partial charge in [-0.25, -0.2) is 0 Å². The molecule has 0 spiro atoms. The van der Waals surface area contributed by atoms with Crippen molar-refractivity contribution in [2.75, 3.05) is 23.9 Å². The molecule has 6 aromatic rings. The molecule has 1 aliphatic carbocycles. The zero-order valence-corrected chi connectivity index (χ0v) is 22.9. The number of hydrogen-bond donors (Lipinski definition) is 0. The average molecular weight is 505 g/mol. The number of nitrogens with zero attached hydrogens (tertiary/aromatic N) is 2. The third-order valence-corrected chi connectivity index (χ3v) is 8.66. The Kier molecular flexibility index (Phi) is 5.28. The van der Waals surface area contributed by atoms with E-state index in [1.807, 2.05) is 0 Å². The molecule has 0 fully saturated rings. The smallest absolute Gasteiger partial charge is 0.0414 e. The van der Waals surface area contributed by atoms with Crippen molar-refractivity contribution >= 4 is 44.3 Å². The van der Waals surface area contributed by atoms with Gasteiger partial charge in [-0.3, -0.25) is 0 Å². The Morgan fingerprint density at radius 3 is 1.21 bits per heavy atom. The first kappa shape index (κ1) is 23.5. The highest BCUT2D eigenvalue weighted by Crippen LogP contribution is 2.51. The zero-order chi connectivity index (χ0) is 26.7. The van der Waals surface area contributed by atoms with Crippen LogP contribution in [0.1, 0.15) is 25.0 Å². The van der Waals surface area contributed by atoms with E-state index in [0.717, 1.165) is 0 Å². The van der Waals surface area contributed by atoms with Crippen LogP contribution in [-0.4, -0.2) is 14.1 Å². The third kappa shape index (κ3) is 3.79. The van der Waals surface area contributed by atoms with Crippen LogP contribution in [0.5, 0.6) is 0 Å². The summed E-state index contributed by atoms with van der Waals surface area (Å²) in [7, 11) is 4.33. The highest BCUT2D eigenvalue weighted by molar-refractivity contribution is 5.90. The zero-order valence-electron chi connectivity index (χ0n) is 22.9. The summed E-state index contributed by atoms with van der Waals surface area (Å²) in [6.07, 6.45) is 0. The highest BCUT2D eigenvalue weighted by Gasteiger charge is 2.36. The molecule has 0 heterocycles. The summed E-state index contributed by atoms with van der Waals surface area (Å²) in [5, 5.41) is 5.06. The molecule has 0 saturated heterocycles. The van der Waals surface area contributed by atoms with Gasteiger partial charge in [-0.15, -0.1) is 0 Å². The van der Waals surface area contributed by atoms with Gasteiger partial charge in [0.15, 0.2) is 0 Å². The van der Waals surface area contributed by atoms with Crippen molar-refractivity contribution in [2.45, 2.75) is 19.3 Å². The van der Waals surface area contributed by atoms with Crippen LogP contribution in [0.25, 0.3) is 32.7 Å². The number of rotatable bonds is 4. The Labute approximate surface area is 230 Å². The van der Waals surface area contributed by atoms with Gasteiger partial charge in [-0.1, -0.05) is 86.6 Å². The van der Waals surface area contributed by atoms with Gasteiger partial charge in [0.2, 0.25) is 0 Å². The summed E-state index contributed by atoms with van der Waals surface area (Å²) in [6, 6.07) is 44.4. The standard InChI is InChI=1S/C37H32N2/c1-37(2)35-23-31(38(3)29-15-13-25-9-5-7-11-27(25)21-29)17-19-33(35)34-20-18-32(24-36(34)37)39(4)30-16-14-26-10-6-8-12-28(26)22-30/h5-24H,1-4H3. The Bertz CT molecular complexity index is 1740. The Hall–Kier alpha value is -4.56. The summed E-state index contributed by atoms with van der Waals surface area (Å²) in [5.74, 6) is 0. The van der Waals surface area contributed by atoms with E-state index in [4.69, 9.17) is 0 Å². The van der Waals surface area contributed by atoms with Gasteiger partial charge in [0, 0.05) is 42.3 Å². The fourth-order valence-corrected chi connectivity index (χ4v) is 6.20. The predicted octanol–water partition coefficient (Wildman–Crippen LogP) is 9.84. The van der Waals surface area contributed by atoms with Crippen molar-refractivity contribution in [2.24, 2.45) is 0 Å². The summed E-state index contributed by atoms with van der Waals surface area (Å²) >= 11 is 0. The molecule has 2 heteroatoms. The van der Waals surface area contributed by atoms with E-state index < -0.39 is 0 Å². The van der Waals surface area contributed by atoms with Crippen LogP contribution in [0, 0.1) is 0 Å². The fraction of sp³-hybridized carbons (Fsp3) is 0.135. The van der Waals surface area contributed by atoms with E-state index in [9.17, 15) is 0 Å². The van der Waals surface area contributed by atoms with Crippen molar-refractivity contribution in [1.29, 1.82) is 0 Å². The first-order valence-electron chi connectivity index (χ1n) is 13.6. The second-order valence-electron chi connectivity index (χ2n) is 11.3. The van der Waals surface area contributed by atoms with Gasteiger partial charge in [0.1, 0.15) is 0 Å². The molecule has 0 aromatic heterocycles. The van der Waals surface area contributed by atoms with Gasteiger partial charge >= 0.3 is 0 Å². The maximum absolute atomic E-state index is 2.39. The lowest BCUT2D eigenvalue weighted by atomic mass is 9.82. The number of anilines is 4. The lowest BCUT2D eigenvalue weighted by Gasteiger charge is -2.26. The molecule has 6 aromatic carbocycles. The first-order chi connectivity index (χ1) is 18.9. The van der Waals surface area contributed by atoms with Gasteiger partial charge in [0.25, 0.3) is 0 Å². The molecule has 0 saturated carbocycles. The second-order valence-corrected chi connectivity index (χ2v) is 11.3. The predicted molar refractivity (Wildman–Crippen MR) is 168 cm³/mol. The molecule has 39 heavy (non-hydrogen) atoms. The molecule has 0 aliphatic heterocycles. The number of fused-ring (bicyclic) bond motifs is 5. The minimum absolute atomic E-state index is 0.0921. The van der Waals surface area contributed by atoms with Gasteiger partial charge in [-0.05, 0) is 92.3 Å². The van der Waals surface area contributed by atoms with Gasteiger partial charge in [-0.2, -0.15) is 0 Å². The normalized spacial score (nSPS) is 13.3. The van der Waals surface area contributed by atoms with Crippen LogP contribution < -0.4 is 9.80 Å². The minimum atomic E-state index is -0.0921. The Balaban J connectivity index is 1.24. The fourth-order valence-electron chi connectivity index (χ4n) is 6.20. The molecule has 0 unspecified atom stereocenters. The lowest BCUT2D eigenvalue weighted by molar-refractivity contribution is 0.660. The summed E-state index contributed by atoms with van der Waals surface area (Å²) in [6.45, 7) is 4.72. The molecule has 0 atom stereocenters. The van der Waals surface area contributed by atoms with Crippen molar-refractivity contribution in [1.82, 2.24) is 0 Å². The van der Waals surface area contributed by atoms with Crippen LogP contribution in [-0.2, 0) is 5.41 Å². The Morgan fingerprint density at radius 2 is 0.769 bits per heavy atom. The molecule has 1 aliphatic rings. The molecule has 2 nitrogen and oxygen atoms in total. The molecule has 0 bridgehead atoms. The third-order valence-electron chi connectivity index (χ3n) is 8.66. The van der Waals surface area contributed by atoms with E-state index in [1.165, 1.54) is 66.5 Å². The van der Waals surface area contributed by atoms with Crippen molar-refractivity contribution in [3.8, 4) is 11.1 Å². The van der Waals surface area contributed by atoms with Crippen LogP contribution in [0.15, 0.2) is 121 Å². The van der Waals surface area contributed by atoms with Gasteiger partial charge < -0.3 is 9.80 Å². The molecule has 0 N–H and O–H groups in total. The van der Waals surface area contributed by atoms with E-state index in [0.29, 0.717) is 0 Å². The minimum Gasteiger partial charge on any atom is -0.345 e. The van der Waals surface area contributed by atoms with Crippen LogP contribution in [0.3, 0.4) is 0 Å². The lowest BCUT2D eigenvalue weighted by Crippen LogP contribution is -2.17. The van der Waals surface area contributed by atoms with E-state index in [-0.39, 0.29) is 5.41 Å². The van der Waals surface area contributed by atoms with Crippen molar-refractivity contribution in [3.05, 3.63) is 132 Å². The van der Waals surface area contributed by atoms with Crippen LogP contribution in [0.4, 0.5) is 22.7 Å². The molecule has 7 rings (SSSR count). The Morgan fingerprint density at radius 1 is 0.410 bits per heavy atom. The highest BCUT2D eigenvalue weighted by atomic mass is 15.1. The quantitative estimate of drug-likeness (QED) is 0.236. The molecule has 0 radical (unpaired) electrons. The second kappa shape index (κ2) is 8.74. The van der Waals surface area contributed by atoms with E-state index >= 15 is 0 Å². The van der Waals surface area contributed by atoms with Crippen LogP contribution >= 0.6 is 0 Å². The largest absolute Gasteiger partial charge is 0.345 e. The molecular weight excluding hydrogens is 472 g/mol. The van der Waals surface area contributed by atoms with Gasteiger partial charge in [0.05, 0.1) is 0 Å². The molecule has 190 valence electrons. The van der Waals surface area contributed by atoms with E-state index in [1.54, 1.807) is 0 Å². The number of benzene rings is 6. The first-order valence-corrected chi connectivity index (χ1v) is 13.6. The SMILES string of the molecule is CN(c1ccc2c(c1)C(C)(C)c1cc(N(C)c3ccc4ccccc4c3)ccc1-2)c1ccc2ccccc2c1.